The van der Waals surface area contributed by atoms with Crippen molar-refractivity contribution < 1.29 is 34.1 Å². The van der Waals surface area contributed by atoms with E-state index in [-0.39, 0.29) is 13.2 Å². The van der Waals surface area contributed by atoms with Crippen molar-refractivity contribution in [3.8, 4) is 0 Å². The maximum absolute atomic E-state index is 11.8. The third-order valence-corrected chi connectivity index (χ3v) is 2.90. The molecular weight excluding hydrogens is 292 g/mol. The molecule has 0 unspecified atom stereocenters. The number of aliphatic hydroxyl groups is 2. The molecule has 2 N–H and O–H groups in total. The largest absolute Gasteiger partial charge is 0.465 e. The lowest BCUT2D eigenvalue weighted by Gasteiger charge is -2.07. The van der Waals surface area contributed by atoms with Crippen molar-refractivity contribution in [2.45, 2.75) is 13.2 Å². The summed E-state index contributed by atoms with van der Waals surface area (Å²) in [6.45, 7) is -0.582. The normalized spacial score (nSPS) is 11.0. The molecule has 0 aliphatic heterocycles. The molecule has 0 saturated carbocycles. The van der Waals surface area contributed by atoms with Gasteiger partial charge in [-0.3, -0.25) is 4.79 Å². The van der Waals surface area contributed by atoms with Crippen LogP contribution in [0.3, 0.4) is 0 Å². The van der Waals surface area contributed by atoms with Gasteiger partial charge in [-0.25, -0.2) is 9.59 Å². The van der Waals surface area contributed by atoms with Crippen molar-refractivity contribution in [1.82, 2.24) is 0 Å². The number of carbonyl (C=O) groups excluding carboxylic acids is 3. The molecule has 1 rings (SSSR count). The van der Waals surface area contributed by atoms with Crippen LogP contribution in [-0.2, 0) is 37.1 Å². The second-order valence-corrected chi connectivity index (χ2v) is 4.21. The summed E-state index contributed by atoms with van der Waals surface area (Å²) in [7, 11) is 2.10. The highest BCUT2D eigenvalue weighted by Gasteiger charge is 2.26. The Labute approximate surface area is 126 Å². The second kappa shape index (κ2) is 8.06. The SMILES string of the molecule is COC(=O)C(=O)C(=Cc1ccc(CO)c(CO)c1)C(=O)OC. The quantitative estimate of drug-likeness (QED) is 0.250. The Morgan fingerprint density at radius 3 is 2.09 bits per heavy atom. The van der Waals surface area contributed by atoms with E-state index in [9.17, 15) is 19.5 Å². The smallest absolute Gasteiger partial charge is 0.379 e. The summed E-state index contributed by atoms with van der Waals surface area (Å²) in [5, 5.41) is 18.4. The minimum atomic E-state index is -1.19. The van der Waals surface area contributed by atoms with E-state index in [4.69, 9.17) is 5.11 Å². The van der Waals surface area contributed by atoms with Crippen molar-refractivity contribution in [3.63, 3.8) is 0 Å². The lowest BCUT2D eigenvalue weighted by molar-refractivity contribution is -0.151. The second-order valence-electron chi connectivity index (χ2n) is 4.21. The molecule has 7 heteroatoms. The van der Waals surface area contributed by atoms with Crippen molar-refractivity contribution in [2.75, 3.05) is 14.2 Å². The highest BCUT2D eigenvalue weighted by atomic mass is 16.5. The van der Waals surface area contributed by atoms with E-state index in [1.54, 1.807) is 0 Å². The van der Waals surface area contributed by atoms with Crippen molar-refractivity contribution >= 4 is 23.8 Å². The molecule has 0 radical (unpaired) electrons. The van der Waals surface area contributed by atoms with Crippen LogP contribution >= 0.6 is 0 Å². The van der Waals surface area contributed by atoms with Crippen LogP contribution in [0.1, 0.15) is 16.7 Å². The highest BCUT2D eigenvalue weighted by Crippen LogP contribution is 2.16. The van der Waals surface area contributed by atoms with Crippen LogP contribution in [0.15, 0.2) is 23.8 Å². The molecule has 0 aliphatic carbocycles. The van der Waals surface area contributed by atoms with E-state index in [1.807, 2.05) is 0 Å². The molecule has 0 heterocycles. The summed E-state index contributed by atoms with van der Waals surface area (Å²) < 4.78 is 8.77. The first-order chi connectivity index (χ1) is 10.5. The van der Waals surface area contributed by atoms with Gasteiger partial charge in [0.1, 0.15) is 5.57 Å². The maximum atomic E-state index is 11.8. The summed E-state index contributed by atoms with van der Waals surface area (Å²) in [5.74, 6) is -3.30. The Balaban J connectivity index is 3.30. The molecular formula is C15H16O7. The number of benzene rings is 1. The average Bonchev–Trinajstić information content (AvgIpc) is 2.57. The van der Waals surface area contributed by atoms with Gasteiger partial charge in [0.05, 0.1) is 27.4 Å². The number of esters is 2. The molecule has 1 aromatic rings. The van der Waals surface area contributed by atoms with Crippen molar-refractivity contribution in [3.05, 3.63) is 40.5 Å². The predicted octanol–water partition coefficient (Wildman–Crippen LogP) is -0.0303. The summed E-state index contributed by atoms with van der Waals surface area (Å²) in [4.78, 5) is 34.8. The number of aliphatic hydroxyl groups excluding tert-OH is 2. The first-order valence-corrected chi connectivity index (χ1v) is 6.24. The molecule has 0 aliphatic rings. The Hall–Kier alpha value is -2.51. The monoisotopic (exact) mass is 308 g/mol. The fourth-order valence-corrected chi connectivity index (χ4v) is 1.73. The molecule has 22 heavy (non-hydrogen) atoms. The molecule has 0 atom stereocenters. The molecule has 0 saturated heterocycles. The number of hydrogen-bond acceptors (Lipinski definition) is 7. The van der Waals surface area contributed by atoms with Gasteiger partial charge in [0.2, 0.25) is 0 Å². The van der Waals surface area contributed by atoms with E-state index >= 15 is 0 Å². The molecule has 118 valence electrons. The molecule has 0 spiro atoms. The van der Waals surface area contributed by atoms with Crippen LogP contribution < -0.4 is 0 Å². The molecule has 0 fully saturated rings. The first kappa shape index (κ1) is 17.5. The zero-order valence-electron chi connectivity index (χ0n) is 12.2. The Kier molecular flexibility index (Phi) is 6.43. The Morgan fingerprint density at radius 1 is 1.00 bits per heavy atom. The minimum absolute atomic E-state index is 0.259. The maximum Gasteiger partial charge on any atom is 0.379 e. The number of carbonyl (C=O) groups is 3. The predicted molar refractivity (Wildman–Crippen MR) is 75.3 cm³/mol. The van der Waals surface area contributed by atoms with E-state index < -0.39 is 23.3 Å². The molecule has 0 amide bonds. The van der Waals surface area contributed by atoms with Gasteiger partial charge >= 0.3 is 11.9 Å². The first-order valence-electron chi connectivity index (χ1n) is 6.24. The lowest BCUT2D eigenvalue weighted by Crippen LogP contribution is -2.23. The van der Waals surface area contributed by atoms with Gasteiger partial charge in [0.15, 0.2) is 0 Å². The summed E-state index contributed by atoms with van der Waals surface area (Å²) in [5.41, 5.74) is 0.846. The number of ketones is 1. The molecule has 0 bridgehead atoms. The van der Waals surface area contributed by atoms with E-state index in [0.717, 1.165) is 20.3 Å². The van der Waals surface area contributed by atoms with Crippen LogP contribution in [0.4, 0.5) is 0 Å². The minimum Gasteiger partial charge on any atom is -0.465 e. The fourth-order valence-electron chi connectivity index (χ4n) is 1.73. The van der Waals surface area contributed by atoms with Crippen molar-refractivity contribution in [1.29, 1.82) is 0 Å². The van der Waals surface area contributed by atoms with Crippen LogP contribution in [0.25, 0.3) is 6.08 Å². The number of rotatable bonds is 6. The number of ether oxygens (including phenoxy) is 2. The van der Waals surface area contributed by atoms with Crippen LogP contribution in [0.5, 0.6) is 0 Å². The van der Waals surface area contributed by atoms with Gasteiger partial charge < -0.3 is 19.7 Å². The summed E-state index contributed by atoms with van der Waals surface area (Å²) in [6, 6.07) is 4.55. The lowest BCUT2D eigenvalue weighted by atomic mass is 10.0. The van der Waals surface area contributed by atoms with Gasteiger partial charge in [0.25, 0.3) is 5.78 Å². The number of Topliss-reactive ketones (excluding diaryl/α,β-unsaturated/α-hetero) is 1. The number of methoxy groups -OCH3 is 2. The topological polar surface area (TPSA) is 110 Å². The summed E-state index contributed by atoms with van der Waals surface area (Å²) in [6.07, 6.45) is 1.16. The van der Waals surface area contributed by atoms with Crippen molar-refractivity contribution in [2.24, 2.45) is 0 Å². The molecule has 0 aromatic heterocycles. The summed E-state index contributed by atoms with van der Waals surface area (Å²) >= 11 is 0. The zero-order chi connectivity index (χ0) is 16.7. The van der Waals surface area contributed by atoms with Gasteiger partial charge in [-0.1, -0.05) is 12.1 Å². The van der Waals surface area contributed by atoms with E-state index in [2.05, 4.69) is 9.47 Å². The standard InChI is InChI=1S/C15H16O7/c1-21-14(19)12(13(18)15(20)22-2)6-9-3-4-10(7-16)11(5-9)8-17/h3-6,16-17H,7-8H2,1-2H3. The van der Waals surface area contributed by atoms with Crippen LogP contribution in [0, 0.1) is 0 Å². The van der Waals surface area contributed by atoms with E-state index in [1.165, 1.54) is 18.2 Å². The van der Waals surface area contributed by atoms with Gasteiger partial charge in [0, 0.05) is 0 Å². The van der Waals surface area contributed by atoms with Crippen LogP contribution in [-0.4, -0.2) is 42.2 Å². The average molecular weight is 308 g/mol. The Bertz CT molecular complexity index is 616. The highest BCUT2D eigenvalue weighted by molar-refractivity contribution is 6.47. The van der Waals surface area contributed by atoms with Gasteiger partial charge in [-0.2, -0.15) is 0 Å². The molecule has 7 nitrogen and oxygen atoms in total. The number of hydrogen-bond donors (Lipinski definition) is 2. The van der Waals surface area contributed by atoms with Gasteiger partial charge in [-0.05, 0) is 28.8 Å². The fraction of sp³-hybridized carbons (Fsp3) is 0.267. The molecule has 1 aromatic carbocycles. The third-order valence-electron chi connectivity index (χ3n) is 2.90. The van der Waals surface area contributed by atoms with Crippen LogP contribution in [0.2, 0.25) is 0 Å². The van der Waals surface area contributed by atoms with Gasteiger partial charge in [-0.15, -0.1) is 0 Å². The Morgan fingerprint density at radius 2 is 1.59 bits per heavy atom. The van der Waals surface area contributed by atoms with E-state index in [0.29, 0.717) is 16.7 Å². The zero-order valence-corrected chi connectivity index (χ0v) is 12.2. The third kappa shape index (κ3) is 4.00.